The summed E-state index contributed by atoms with van der Waals surface area (Å²) >= 11 is 1.93. The molecule has 1 fully saturated rings. The molecule has 1 aliphatic rings. The summed E-state index contributed by atoms with van der Waals surface area (Å²) in [7, 11) is 0. The molecule has 0 aliphatic heterocycles. The number of thioether (sulfide) groups is 1. The summed E-state index contributed by atoms with van der Waals surface area (Å²) in [6.07, 6.45) is 4.84. The third-order valence-electron chi connectivity index (χ3n) is 3.26. The predicted octanol–water partition coefficient (Wildman–Crippen LogP) is 3.13. The van der Waals surface area contributed by atoms with E-state index in [2.05, 4.69) is 41.9 Å². The van der Waals surface area contributed by atoms with E-state index in [1.807, 2.05) is 11.8 Å². The molecule has 0 radical (unpaired) electrons. The van der Waals surface area contributed by atoms with Crippen molar-refractivity contribution in [1.29, 1.82) is 0 Å². The minimum absolute atomic E-state index is 0.828. The lowest BCUT2D eigenvalue weighted by molar-refractivity contribution is 0.622. The van der Waals surface area contributed by atoms with Gasteiger partial charge in [0.15, 0.2) is 0 Å². The SMILES string of the molecule is CSCCCNCC1CC1c1ccccc1. The van der Waals surface area contributed by atoms with Crippen molar-refractivity contribution in [2.45, 2.75) is 18.8 Å². The number of nitrogens with one attached hydrogen (secondary N) is 1. The number of benzene rings is 1. The molecule has 2 heteroatoms. The van der Waals surface area contributed by atoms with Crippen LogP contribution in [0.5, 0.6) is 0 Å². The molecular formula is C14H21NS. The van der Waals surface area contributed by atoms with Crippen molar-refractivity contribution in [3.8, 4) is 0 Å². The molecule has 0 spiro atoms. The fraction of sp³-hybridized carbons (Fsp3) is 0.571. The van der Waals surface area contributed by atoms with Gasteiger partial charge in [0.25, 0.3) is 0 Å². The van der Waals surface area contributed by atoms with Gasteiger partial charge in [-0.2, -0.15) is 11.8 Å². The molecule has 0 saturated heterocycles. The Morgan fingerprint density at radius 2 is 2.12 bits per heavy atom. The van der Waals surface area contributed by atoms with Crippen LogP contribution < -0.4 is 5.32 Å². The molecule has 0 aromatic heterocycles. The van der Waals surface area contributed by atoms with Crippen molar-refractivity contribution in [2.24, 2.45) is 5.92 Å². The Labute approximate surface area is 103 Å². The largest absolute Gasteiger partial charge is 0.316 e. The van der Waals surface area contributed by atoms with E-state index in [1.54, 1.807) is 0 Å². The second kappa shape index (κ2) is 6.31. The van der Waals surface area contributed by atoms with Gasteiger partial charge in [-0.1, -0.05) is 30.3 Å². The third-order valence-corrected chi connectivity index (χ3v) is 3.96. The number of rotatable bonds is 7. The Kier molecular flexibility index (Phi) is 4.73. The third kappa shape index (κ3) is 3.53. The van der Waals surface area contributed by atoms with Crippen LogP contribution in [-0.2, 0) is 0 Å². The highest BCUT2D eigenvalue weighted by Gasteiger charge is 2.37. The molecule has 88 valence electrons. The highest BCUT2D eigenvalue weighted by Crippen LogP contribution is 2.46. The highest BCUT2D eigenvalue weighted by molar-refractivity contribution is 7.98. The van der Waals surface area contributed by atoms with Gasteiger partial charge in [0, 0.05) is 0 Å². The lowest BCUT2D eigenvalue weighted by atomic mass is 10.1. The van der Waals surface area contributed by atoms with Crippen LogP contribution in [0, 0.1) is 5.92 Å². The summed E-state index contributed by atoms with van der Waals surface area (Å²) in [5.41, 5.74) is 1.53. The van der Waals surface area contributed by atoms with Crippen LogP contribution in [0.2, 0.25) is 0 Å². The molecule has 1 nitrogen and oxygen atoms in total. The minimum atomic E-state index is 0.828. The topological polar surface area (TPSA) is 12.0 Å². The van der Waals surface area contributed by atoms with E-state index in [-0.39, 0.29) is 0 Å². The van der Waals surface area contributed by atoms with E-state index in [0.29, 0.717) is 0 Å². The van der Waals surface area contributed by atoms with Crippen molar-refractivity contribution in [1.82, 2.24) is 5.32 Å². The van der Waals surface area contributed by atoms with E-state index < -0.39 is 0 Å². The van der Waals surface area contributed by atoms with Gasteiger partial charge in [0.1, 0.15) is 0 Å². The summed E-state index contributed by atoms with van der Waals surface area (Å²) in [5.74, 6) is 2.99. The second-order valence-corrected chi connectivity index (χ2v) is 5.55. The van der Waals surface area contributed by atoms with Crippen LogP contribution in [0.25, 0.3) is 0 Å². The zero-order valence-corrected chi connectivity index (χ0v) is 10.8. The molecule has 1 aliphatic carbocycles. The van der Waals surface area contributed by atoms with E-state index in [9.17, 15) is 0 Å². The summed E-state index contributed by atoms with van der Waals surface area (Å²) in [6.45, 7) is 2.38. The monoisotopic (exact) mass is 235 g/mol. The first kappa shape index (κ1) is 12.0. The first-order valence-electron chi connectivity index (χ1n) is 6.16. The average Bonchev–Trinajstić information content (AvgIpc) is 3.10. The smallest absolute Gasteiger partial charge is 0.00144 e. The number of hydrogen-bond acceptors (Lipinski definition) is 2. The Morgan fingerprint density at radius 3 is 2.88 bits per heavy atom. The first-order chi connectivity index (χ1) is 7.92. The van der Waals surface area contributed by atoms with Crippen LogP contribution in [0.3, 0.4) is 0 Å². The Hall–Kier alpha value is -0.470. The first-order valence-corrected chi connectivity index (χ1v) is 7.56. The molecule has 1 aromatic rings. The molecule has 1 saturated carbocycles. The average molecular weight is 235 g/mol. The van der Waals surface area contributed by atoms with E-state index >= 15 is 0 Å². The molecular weight excluding hydrogens is 214 g/mol. The van der Waals surface area contributed by atoms with Gasteiger partial charge in [-0.3, -0.25) is 0 Å². The zero-order chi connectivity index (χ0) is 11.2. The Morgan fingerprint density at radius 1 is 1.31 bits per heavy atom. The molecule has 2 rings (SSSR count). The predicted molar refractivity (Wildman–Crippen MR) is 73.2 cm³/mol. The maximum Gasteiger partial charge on any atom is -0.00144 e. The summed E-state index contributed by atoms with van der Waals surface area (Å²) in [5, 5.41) is 3.57. The van der Waals surface area contributed by atoms with Crippen LogP contribution in [0.4, 0.5) is 0 Å². The van der Waals surface area contributed by atoms with Crippen molar-refractivity contribution in [3.05, 3.63) is 35.9 Å². The molecule has 0 amide bonds. The normalized spacial score (nSPS) is 23.3. The molecule has 16 heavy (non-hydrogen) atoms. The van der Waals surface area contributed by atoms with Crippen molar-refractivity contribution < 1.29 is 0 Å². The van der Waals surface area contributed by atoms with Gasteiger partial charge in [-0.15, -0.1) is 0 Å². The molecule has 1 aromatic carbocycles. The zero-order valence-electron chi connectivity index (χ0n) is 9.99. The minimum Gasteiger partial charge on any atom is -0.316 e. The summed E-state index contributed by atoms with van der Waals surface area (Å²) < 4.78 is 0. The van der Waals surface area contributed by atoms with Gasteiger partial charge in [-0.25, -0.2) is 0 Å². The van der Waals surface area contributed by atoms with Crippen molar-refractivity contribution >= 4 is 11.8 Å². The fourth-order valence-electron chi connectivity index (χ4n) is 2.21. The van der Waals surface area contributed by atoms with Crippen LogP contribution in [0.1, 0.15) is 24.3 Å². The van der Waals surface area contributed by atoms with Gasteiger partial charge >= 0.3 is 0 Å². The molecule has 2 atom stereocenters. The fourth-order valence-corrected chi connectivity index (χ4v) is 2.64. The van der Waals surface area contributed by atoms with Crippen molar-refractivity contribution in [3.63, 3.8) is 0 Å². The lowest BCUT2D eigenvalue weighted by Gasteiger charge is -2.03. The second-order valence-electron chi connectivity index (χ2n) is 4.56. The Bertz CT molecular complexity index is 299. The molecule has 0 heterocycles. The maximum atomic E-state index is 3.57. The summed E-state index contributed by atoms with van der Waals surface area (Å²) in [4.78, 5) is 0. The molecule has 1 N–H and O–H groups in total. The van der Waals surface area contributed by atoms with Crippen LogP contribution >= 0.6 is 11.8 Å². The van der Waals surface area contributed by atoms with E-state index in [0.717, 1.165) is 11.8 Å². The van der Waals surface area contributed by atoms with Gasteiger partial charge in [0.2, 0.25) is 0 Å². The van der Waals surface area contributed by atoms with Crippen LogP contribution in [-0.4, -0.2) is 25.1 Å². The number of hydrogen-bond donors (Lipinski definition) is 1. The quantitative estimate of drug-likeness (QED) is 0.729. The van der Waals surface area contributed by atoms with Gasteiger partial charge in [0.05, 0.1) is 0 Å². The maximum absolute atomic E-state index is 3.57. The van der Waals surface area contributed by atoms with Gasteiger partial charge < -0.3 is 5.32 Å². The van der Waals surface area contributed by atoms with E-state index in [1.165, 1.54) is 37.2 Å². The molecule has 2 unspecified atom stereocenters. The highest BCUT2D eigenvalue weighted by atomic mass is 32.2. The standard InChI is InChI=1S/C14H21NS/c1-16-9-5-8-15-11-13-10-14(13)12-6-3-2-4-7-12/h2-4,6-7,13-15H,5,8-11H2,1H3. The molecule has 0 bridgehead atoms. The van der Waals surface area contributed by atoms with Crippen LogP contribution in [0.15, 0.2) is 30.3 Å². The van der Waals surface area contributed by atoms with E-state index in [4.69, 9.17) is 0 Å². The Balaban J connectivity index is 1.61. The van der Waals surface area contributed by atoms with Gasteiger partial charge in [-0.05, 0) is 55.3 Å². The van der Waals surface area contributed by atoms with Crippen molar-refractivity contribution in [2.75, 3.05) is 25.1 Å². The lowest BCUT2D eigenvalue weighted by Crippen LogP contribution is -2.19. The summed E-state index contributed by atoms with van der Waals surface area (Å²) in [6, 6.07) is 10.9.